The Kier molecular flexibility index (Phi) is 4.52. The largest absolute Gasteiger partial charge is 0.490 e. The summed E-state index contributed by atoms with van der Waals surface area (Å²) in [7, 11) is 2.11. The van der Waals surface area contributed by atoms with Crippen molar-refractivity contribution in [1.29, 1.82) is 0 Å². The van der Waals surface area contributed by atoms with E-state index < -0.39 is 4.92 Å². The van der Waals surface area contributed by atoms with E-state index in [1.807, 2.05) is 12.1 Å². The first-order chi connectivity index (χ1) is 11.1. The third kappa shape index (κ3) is 3.65. The number of benzene rings is 1. The number of nitrogens with zero attached hydrogens (tertiary/aromatic N) is 3. The van der Waals surface area contributed by atoms with Crippen molar-refractivity contribution in [2.45, 2.75) is 18.9 Å². The van der Waals surface area contributed by atoms with Crippen molar-refractivity contribution in [3.63, 3.8) is 0 Å². The Morgan fingerprint density at radius 2 is 2.22 bits per heavy atom. The molecule has 1 atom stereocenters. The first kappa shape index (κ1) is 15.4. The summed E-state index contributed by atoms with van der Waals surface area (Å²) in [5.41, 5.74) is 1.64. The second-order valence-corrected chi connectivity index (χ2v) is 5.80. The summed E-state index contributed by atoms with van der Waals surface area (Å²) in [6, 6.07) is 8.85. The van der Waals surface area contributed by atoms with Crippen LogP contribution in [0.5, 0.6) is 5.75 Å². The van der Waals surface area contributed by atoms with Gasteiger partial charge in [0, 0.05) is 29.9 Å². The number of ether oxygens (including phenoxy) is 1. The van der Waals surface area contributed by atoms with Gasteiger partial charge in [-0.25, -0.2) is 0 Å². The lowest BCUT2D eigenvalue weighted by Gasteiger charge is -2.19. The predicted octanol–water partition coefficient (Wildman–Crippen LogP) is 3.13. The number of pyridine rings is 1. The van der Waals surface area contributed by atoms with Gasteiger partial charge in [0.05, 0.1) is 11.1 Å². The molecule has 0 bridgehead atoms. The van der Waals surface area contributed by atoms with E-state index in [0.717, 1.165) is 24.1 Å². The number of hydrogen-bond donors (Lipinski definition) is 0. The second-order valence-electron chi connectivity index (χ2n) is 5.80. The molecular formula is C17H19N3O3. The third-order valence-corrected chi connectivity index (χ3v) is 4.22. The summed E-state index contributed by atoms with van der Waals surface area (Å²) in [5, 5.41) is 10.9. The normalized spacial score (nSPS) is 18.0. The first-order valence-electron chi connectivity index (χ1n) is 7.66. The van der Waals surface area contributed by atoms with Gasteiger partial charge in [0.15, 0.2) is 0 Å². The van der Waals surface area contributed by atoms with Crippen molar-refractivity contribution in [3.05, 3.63) is 52.8 Å². The van der Waals surface area contributed by atoms with Crippen LogP contribution in [0.4, 0.5) is 5.69 Å². The summed E-state index contributed by atoms with van der Waals surface area (Å²) in [4.78, 5) is 17.0. The highest BCUT2D eigenvalue weighted by molar-refractivity contribution is 5.66. The standard InChI is InChI=1S/C17H19N3O3/c1-19-7-3-6-16(19)12-23-17-9-14(10-18-11-17)13-4-2-5-15(8-13)20(21)22/h2,4-5,8-11,16H,3,6-7,12H2,1H3/t16-/m0/s1. The molecule has 1 fully saturated rings. The minimum absolute atomic E-state index is 0.0707. The van der Waals surface area contributed by atoms with Gasteiger partial charge in [-0.2, -0.15) is 0 Å². The maximum absolute atomic E-state index is 10.9. The second kappa shape index (κ2) is 6.75. The van der Waals surface area contributed by atoms with Crippen molar-refractivity contribution >= 4 is 5.69 Å². The molecule has 3 rings (SSSR count). The summed E-state index contributed by atoms with van der Waals surface area (Å²) in [6.45, 7) is 1.75. The third-order valence-electron chi connectivity index (χ3n) is 4.22. The summed E-state index contributed by atoms with van der Waals surface area (Å²) in [6.07, 6.45) is 5.72. The van der Waals surface area contributed by atoms with Crippen LogP contribution in [0.2, 0.25) is 0 Å². The van der Waals surface area contributed by atoms with Gasteiger partial charge in [0.2, 0.25) is 0 Å². The van der Waals surface area contributed by atoms with E-state index in [2.05, 4.69) is 16.9 Å². The Morgan fingerprint density at radius 1 is 1.35 bits per heavy atom. The van der Waals surface area contributed by atoms with Crippen molar-refractivity contribution in [3.8, 4) is 16.9 Å². The number of hydrogen-bond acceptors (Lipinski definition) is 5. The monoisotopic (exact) mass is 313 g/mol. The molecule has 6 heteroatoms. The number of rotatable bonds is 5. The summed E-state index contributed by atoms with van der Waals surface area (Å²) < 4.78 is 5.86. The van der Waals surface area contributed by atoms with Gasteiger partial charge in [-0.05, 0) is 38.1 Å². The number of nitro groups is 1. The van der Waals surface area contributed by atoms with E-state index >= 15 is 0 Å². The van der Waals surface area contributed by atoms with E-state index in [-0.39, 0.29) is 5.69 Å². The van der Waals surface area contributed by atoms with Crippen LogP contribution < -0.4 is 4.74 Å². The molecule has 2 aromatic rings. The van der Waals surface area contributed by atoms with E-state index in [0.29, 0.717) is 18.4 Å². The van der Waals surface area contributed by atoms with Crippen molar-refractivity contribution < 1.29 is 9.66 Å². The molecule has 0 amide bonds. The van der Waals surface area contributed by atoms with Crippen LogP contribution in [-0.2, 0) is 0 Å². The molecule has 0 saturated carbocycles. The average molecular weight is 313 g/mol. The Labute approximate surface area is 134 Å². The van der Waals surface area contributed by atoms with Gasteiger partial charge in [-0.3, -0.25) is 15.1 Å². The maximum atomic E-state index is 10.9. The van der Waals surface area contributed by atoms with Crippen LogP contribution in [-0.4, -0.2) is 41.0 Å². The number of aromatic nitrogens is 1. The predicted molar refractivity (Wildman–Crippen MR) is 87.5 cm³/mol. The zero-order valence-electron chi connectivity index (χ0n) is 13.0. The van der Waals surface area contributed by atoms with Crippen molar-refractivity contribution in [1.82, 2.24) is 9.88 Å². The van der Waals surface area contributed by atoms with E-state index in [4.69, 9.17) is 4.74 Å². The van der Waals surface area contributed by atoms with Gasteiger partial charge in [-0.1, -0.05) is 12.1 Å². The fourth-order valence-corrected chi connectivity index (χ4v) is 2.84. The quantitative estimate of drug-likeness (QED) is 0.626. The molecule has 2 heterocycles. The van der Waals surface area contributed by atoms with Gasteiger partial charge < -0.3 is 9.64 Å². The highest BCUT2D eigenvalue weighted by Gasteiger charge is 2.21. The lowest BCUT2D eigenvalue weighted by Crippen LogP contribution is -2.30. The van der Waals surface area contributed by atoms with Crippen LogP contribution in [0, 0.1) is 10.1 Å². The Balaban J connectivity index is 1.74. The Morgan fingerprint density at radius 3 is 2.96 bits per heavy atom. The van der Waals surface area contributed by atoms with Crippen LogP contribution in [0.25, 0.3) is 11.1 Å². The van der Waals surface area contributed by atoms with Crippen LogP contribution >= 0.6 is 0 Å². The van der Waals surface area contributed by atoms with Crippen LogP contribution in [0.3, 0.4) is 0 Å². The van der Waals surface area contributed by atoms with Crippen molar-refractivity contribution in [2.24, 2.45) is 0 Å². The Bertz CT molecular complexity index is 705. The van der Waals surface area contributed by atoms with Crippen LogP contribution in [0.15, 0.2) is 42.7 Å². The number of likely N-dealkylation sites (tertiary alicyclic amines) is 1. The molecule has 1 aromatic heterocycles. The average Bonchev–Trinajstić information content (AvgIpc) is 2.98. The highest BCUT2D eigenvalue weighted by Crippen LogP contribution is 2.26. The summed E-state index contributed by atoms with van der Waals surface area (Å²) >= 11 is 0. The molecule has 6 nitrogen and oxygen atoms in total. The van der Waals surface area contributed by atoms with Gasteiger partial charge in [-0.15, -0.1) is 0 Å². The smallest absolute Gasteiger partial charge is 0.270 e. The zero-order chi connectivity index (χ0) is 16.2. The van der Waals surface area contributed by atoms with Gasteiger partial charge in [0.1, 0.15) is 12.4 Å². The molecule has 0 N–H and O–H groups in total. The van der Waals surface area contributed by atoms with Gasteiger partial charge in [0.25, 0.3) is 5.69 Å². The number of nitro benzene ring substituents is 1. The van der Waals surface area contributed by atoms with E-state index in [1.54, 1.807) is 24.5 Å². The van der Waals surface area contributed by atoms with Gasteiger partial charge >= 0.3 is 0 Å². The maximum Gasteiger partial charge on any atom is 0.270 e. The molecule has 0 spiro atoms. The molecule has 23 heavy (non-hydrogen) atoms. The fraction of sp³-hybridized carbons (Fsp3) is 0.353. The molecule has 120 valence electrons. The SMILES string of the molecule is CN1CCC[C@H]1COc1cncc(-c2cccc([N+](=O)[O-])c2)c1. The summed E-state index contributed by atoms with van der Waals surface area (Å²) in [5.74, 6) is 0.689. The molecule has 1 aliphatic heterocycles. The topological polar surface area (TPSA) is 68.5 Å². The fourth-order valence-electron chi connectivity index (χ4n) is 2.84. The molecule has 0 radical (unpaired) electrons. The van der Waals surface area contributed by atoms with Crippen molar-refractivity contribution in [2.75, 3.05) is 20.2 Å². The van der Waals surface area contributed by atoms with E-state index in [1.165, 1.54) is 12.5 Å². The Hall–Kier alpha value is -2.47. The molecule has 0 aliphatic carbocycles. The molecule has 1 aliphatic rings. The minimum Gasteiger partial charge on any atom is -0.490 e. The first-order valence-corrected chi connectivity index (χ1v) is 7.66. The highest BCUT2D eigenvalue weighted by atomic mass is 16.6. The number of likely N-dealkylation sites (N-methyl/N-ethyl adjacent to an activating group) is 1. The minimum atomic E-state index is -0.396. The lowest BCUT2D eigenvalue weighted by molar-refractivity contribution is -0.384. The molecule has 1 aromatic carbocycles. The molecule has 1 saturated heterocycles. The van der Waals surface area contributed by atoms with Crippen LogP contribution in [0.1, 0.15) is 12.8 Å². The molecular weight excluding hydrogens is 294 g/mol. The lowest BCUT2D eigenvalue weighted by atomic mass is 10.1. The molecule has 0 unspecified atom stereocenters. The zero-order valence-corrected chi connectivity index (χ0v) is 13.0. The number of non-ortho nitro benzene ring substituents is 1. The van der Waals surface area contributed by atoms with E-state index in [9.17, 15) is 10.1 Å².